The van der Waals surface area contributed by atoms with Crippen molar-refractivity contribution < 1.29 is 14.6 Å². The molecule has 2 aromatic rings. The van der Waals surface area contributed by atoms with E-state index in [4.69, 9.17) is 4.42 Å². The average molecular weight is 190 g/mol. The van der Waals surface area contributed by atoms with Gasteiger partial charge in [-0.25, -0.2) is 0 Å². The normalized spacial score (nSPS) is 10.4. The molecule has 0 radical (unpaired) electrons. The van der Waals surface area contributed by atoms with Gasteiger partial charge in [0.1, 0.15) is 0 Å². The minimum Gasteiger partial charge on any atom is -0.504 e. The van der Waals surface area contributed by atoms with Crippen molar-refractivity contribution in [2.75, 3.05) is 0 Å². The Hall–Kier alpha value is -1.90. The van der Waals surface area contributed by atoms with E-state index in [2.05, 4.69) is 0 Å². The molecule has 0 atom stereocenters. The molecular formula is C11H10O3. The van der Waals surface area contributed by atoms with Gasteiger partial charge in [0.25, 0.3) is 0 Å². The van der Waals surface area contributed by atoms with Gasteiger partial charge in [0, 0.05) is 11.1 Å². The number of furan rings is 1. The fraction of sp³-hybridized carbons (Fsp3) is 0.0909. The molecule has 0 aliphatic carbocycles. The molecule has 0 unspecified atom stereocenters. The Morgan fingerprint density at radius 1 is 1.07 bits per heavy atom. The first-order valence-corrected chi connectivity index (χ1v) is 4.24. The molecule has 0 saturated heterocycles. The van der Waals surface area contributed by atoms with E-state index in [-0.39, 0.29) is 11.5 Å². The van der Waals surface area contributed by atoms with Crippen LogP contribution in [-0.2, 0) is 0 Å². The molecule has 72 valence electrons. The highest BCUT2D eigenvalue weighted by Gasteiger charge is 2.11. The topological polar surface area (TPSA) is 53.6 Å². The fourth-order valence-corrected chi connectivity index (χ4v) is 1.33. The standard InChI is InChI=1S/C11H10O3/c1-7-2-3-9(11(13)10(7)12)8-4-5-14-6-8/h2-6,12-13H,1H3. The second-order valence-corrected chi connectivity index (χ2v) is 3.14. The highest BCUT2D eigenvalue weighted by atomic mass is 16.3. The van der Waals surface area contributed by atoms with Gasteiger partial charge in [-0.05, 0) is 24.6 Å². The van der Waals surface area contributed by atoms with Gasteiger partial charge < -0.3 is 14.6 Å². The minimum atomic E-state index is -0.105. The quantitative estimate of drug-likeness (QED) is 0.679. The minimum absolute atomic E-state index is 0.0799. The first-order valence-electron chi connectivity index (χ1n) is 4.24. The van der Waals surface area contributed by atoms with Crippen molar-refractivity contribution in [2.45, 2.75) is 6.92 Å². The van der Waals surface area contributed by atoms with E-state index in [1.54, 1.807) is 25.1 Å². The molecule has 1 aromatic heterocycles. The van der Waals surface area contributed by atoms with Gasteiger partial charge in [0.2, 0.25) is 0 Å². The average Bonchev–Trinajstić information content (AvgIpc) is 2.67. The number of hydrogen-bond donors (Lipinski definition) is 2. The van der Waals surface area contributed by atoms with Crippen LogP contribution in [0.1, 0.15) is 5.56 Å². The summed E-state index contributed by atoms with van der Waals surface area (Å²) < 4.78 is 4.90. The van der Waals surface area contributed by atoms with Crippen LogP contribution in [0.5, 0.6) is 11.5 Å². The van der Waals surface area contributed by atoms with Crippen LogP contribution in [0.3, 0.4) is 0 Å². The van der Waals surface area contributed by atoms with Crippen LogP contribution in [0.25, 0.3) is 11.1 Å². The molecule has 3 heteroatoms. The summed E-state index contributed by atoms with van der Waals surface area (Å²) in [6.45, 7) is 1.73. The van der Waals surface area contributed by atoms with E-state index in [1.165, 1.54) is 12.5 Å². The van der Waals surface area contributed by atoms with E-state index < -0.39 is 0 Å². The van der Waals surface area contributed by atoms with Crippen molar-refractivity contribution in [1.82, 2.24) is 0 Å². The summed E-state index contributed by atoms with van der Waals surface area (Å²) in [5, 5.41) is 19.2. The summed E-state index contributed by atoms with van der Waals surface area (Å²) in [7, 11) is 0. The smallest absolute Gasteiger partial charge is 0.165 e. The van der Waals surface area contributed by atoms with Gasteiger partial charge in [-0.2, -0.15) is 0 Å². The van der Waals surface area contributed by atoms with Crippen molar-refractivity contribution in [3.05, 3.63) is 36.3 Å². The third kappa shape index (κ3) is 1.23. The number of benzene rings is 1. The Morgan fingerprint density at radius 2 is 1.86 bits per heavy atom. The summed E-state index contributed by atoms with van der Waals surface area (Å²) in [4.78, 5) is 0. The maximum atomic E-state index is 9.66. The van der Waals surface area contributed by atoms with Crippen LogP contribution >= 0.6 is 0 Å². The van der Waals surface area contributed by atoms with E-state index in [0.717, 1.165) is 5.56 Å². The molecule has 0 amide bonds. The van der Waals surface area contributed by atoms with Crippen LogP contribution in [0, 0.1) is 6.92 Å². The number of rotatable bonds is 1. The highest BCUT2D eigenvalue weighted by Crippen LogP contribution is 2.38. The molecule has 0 aliphatic rings. The van der Waals surface area contributed by atoms with Crippen LogP contribution in [0.15, 0.2) is 35.1 Å². The zero-order chi connectivity index (χ0) is 10.1. The predicted octanol–water partition coefficient (Wildman–Crippen LogP) is 2.67. The Balaban J connectivity index is 2.61. The molecule has 1 heterocycles. The molecule has 0 aliphatic heterocycles. The molecule has 1 aromatic carbocycles. The van der Waals surface area contributed by atoms with Crippen molar-refractivity contribution in [3.63, 3.8) is 0 Å². The van der Waals surface area contributed by atoms with Crippen molar-refractivity contribution in [3.8, 4) is 22.6 Å². The van der Waals surface area contributed by atoms with E-state index in [9.17, 15) is 10.2 Å². The third-order valence-electron chi connectivity index (χ3n) is 2.19. The Labute approximate surface area is 81.2 Å². The van der Waals surface area contributed by atoms with Gasteiger partial charge in [0.05, 0.1) is 12.5 Å². The zero-order valence-electron chi connectivity index (χ0n) is 7.69. The van der Waals surface area contributed by atoms with Gasteiger partial charge in [-0.3, -0.25) is 0 Å². The third-order valence-corrected chi connectivity index (χ3v) is 2.19. The lowest BCUT2D eigenvalue weighted by molar-refractivity contribution is 0.402. The number of hydrogen-bond acceptors (Lipinski definition) is 3. The summed E-state index contributed by atoms with van der Waals surface area (Å²) in [6, 6.07) is 5.22. The Morgan fingerprint density at radius 3 is 2.50 bits per heavy atom. The van der Waals surface area contributed by atoms with Gasteiger partial charge in [-0.15, -0.1) is 0 Å². The molecule has 0 spiro atoms. The first kappa shape index (κ1) is 8.69. The van der Waals surface area contributed by atoms with Crippen molar-refractivity contribution >= 4 is 0 Å². The van der Waals surface area contributed by atoms with Crippen LogP contribution < -0.4 is 0 Å². The molecule has 0 fully saturated rings. The molecule has 0 bridgehead atoms. The second-order valence-electron chi connectivity index (χ2n) is 3.14. The summed E-state index contributed by atoms with van der Waals surface area (Å²) >= 11 is 0. The van der Waals surface area contributed by atoms with Crippen LogP contribution in [-0.4, -0.2) is 10.2 Å². The van der Waals surface area contributed by atoms with Crippen LogP contribution in [0.4, 0.5) is 0 Å². The zero-order valence-corrected chi connectivity index (χ0v) is 7.69. The molecule has 0 saturated carbocycles. The van der Waals surface area contributed by atoms with E-state index in [0.29, 0.717) is 11.1 Å². The van der Waals surface area contributed by atoms with Gasteiger partial charge in [-0.1, -0.05) is 6.07 Å². The highest BCUT2D eigenvalue weighted by molar-refractivity contribution is 5.73. The lowest BCUT2D eigenvalue weighted by Gasteiger charge is -2.05. The summed E-state index contributed by atoms with van der Waals surface area (Å²) in [5.74, 6) is -0.185. The lowest BCUT2D eigenvalue weighted by atomic mass is 10.0. The molecular weight excluding hydrogens is 180 g/mol. The Bertz CT molecular complexity index is 444. The molecule has 3 nitrogen and oxygen atoms in total. The molecule has 2 rings (SSSR count). The lowest BCUT2D eigenvalue weighted by Crippen LogP contribution is -1.80. The van der Waals surface area contributed by atoms with Crippen LogP contribution in [0.2, 0.25) is 0 Å². The van der Waals surface area contributed by atoms with E-state index in [1.807, 2.05) is 0 Å². The number of phenolic OH excluding ortho intramolecular Hbond substituents is 2. The molecule has 2 N–H and O–H groups in total. The summed E-state index contributed by atoms with van der Waals surface area (Å²) in [6.07, 6.45) is 3.04. The maximum absolute atomic E-state index is 9.66. The Kier molecular flexibility index (Phi) is 1.93. The van der Waals surface area contributed by atoms with Crippen molar-refractivity contribution in [1.29, 1.82) is 0 Å². The predicted molar refractivity (Wildman–Crippen MR) is 52.2 cm³/mol. The van der Waals surface area contributed by atoms with Crippen molar-refractivity contribution in [2.24, 2.45) is 0 Å². The maximum Gasteiger partial charge on any atom is 0.165 e. The SMILES string of the molecule is Cc1ccc(-c2ccoc2)c(O)c1O. The monoisotopic (exact) mass is 190 g/mol. The fourth-order valence-electron chi connectivity index (χ4n) is 1.33. The number of aryl methyl sites for hydroxylation is 1. The molecule has 14 heavy (non-hydrogen) atoms. The van der Waals surface area contributed by atoms with E-state index >= 15 is 0 Å². The number of phenols is 2. The van der Waals surface area contributed by atoms with Gasteiger partial charge in [0.15, 0.2) is 11.5 Å². The largest absolute Gasteiger partial charge is 0.504 e. The first-order chi connectivity index (χ1) is 6.70. The van der Waals surface area contributed by atoms with Gasteiger partial charge >= 0.3 is 0 Å². The summed E-state index contributed by atoms with van der Waals surface area (Å²) in [5.41, 5.74) is 1.97. The number of aromatic hydroxyl groups is 2. The second kappa shape index (κ2) is 3.10.